The molecule has 1 aliphatic rings. The second-order valence-electron chi connectivity index (χ2n) is 4.36. The van der Waals surface area contributed by atoms with Crippen molar-refractivity contribution in [3.63, 3.8) is 0 Å². The Hall–Kier alpha value is -1.59. The van der Waals surface area contributed by atoms with Crippen LogP contribution in [0, 0.1) is 0 Å². The van der Waals surface area contributed by atoms with Gasteiger partial charge in [0.05, 0.1) is 25.3 Å². The zero-order valence-corrected chi connectivity index (χ0v) is 10.0. The van der Waals surface area contributed by atoms with E-state index in [9.17, 15) is 4.79 Å². The lowest BCUT2D eigenvalue weighted by Gasteiger charge is -2.45. The fraction of sp³-hybridized carbons (Fsp3) is 0.462. The summed E-state index contributed by atoms with van der Waals surface area (Å²) in [5, 5.41) is 18.1. The van der Waals surface area contributed by atoms with Crippen molar-refractivity contribution >= 4 is 6.09 Å². The van der Waals surface area contributed by atoms with Gasteiger partial charge in [0.2, 0.25) is 0 Å². The molecule has 1 aromatic rings. The highest BCUT2D eigenvalue weighted by molar-refractivity contribution is 5.69. The molecule has 1 aliphatic heterocycles. The van der Waals surface area contributed by atoms with Crippen LogP contribution in [0.3, 0.4) is 0 Å². The smallest absolute Gasteiger partial charge is 0.410 e. The van der Waals surface area contributed by atoms with Crippen molar-refractivity contribution in [2.24, 2.45) is 0 Å². The van der Waals surface area contributed by atoms with Gasteiger partial charge in [-0.2, -0.15) is 0 Å². The van der Waals surface area contributed by atoms with Crippen molar-refractivity contribution in [3.8, 4) is 0 Å². The van der Waals surface area contributed by atoms with Crippen LogP contribution in [0.1, 0.15) is 12.0 Å². The molecule has 0 aromatic heterocycles. The maximum atomic E-state index is 11.8. The third kappa shape index (κ3) is 2.63. The first kappa shape index (κ1) is 12.9. The number of aliphatic hydroxyl groups excluding tert-OH is 2. The molecule has 2 rings (SSSR count). The Bertz CT molecular complexity index is 385. The molecule has 0 spiro atoms. The fourth-order valence-corrected chi connectivity index (χ4v) is 2.12. The molecule has 1 fully saturated rings. The Labute approximate surface area is 106 Å². The Kier molecular flexibility index (Phi) is 4.17. The molecule has 1 amide bonds. The van der Waals surface area contributed by atoms with Gasteiger partial charge in [-0.3, -0.25) is 4.90 Å². The number of aliphatic hydroxyl groups is 2. The summed E-state index contributed by atoms with van der Waals surface area (Å²) in [5.41, 5.74) is 0.910. The molecule has 0 unspecified atom stereocenters. The third-order valence-corrected chi connectivity index (χ3v) is 3.17. The number of hydrogen-bond donors (Lipinski definition) is 2. The van der Waals surface area contributed by atoms with E-state index in [1.165, 1.54) is 4.90 Å². The van der Waals surface area contributed by atoms with Crippen LogP contribution in [-0.4, -0.2) is 46.5 Å². The van der Waals surface area contributed by atoms with Gasteiger partial charge < -0.3 is 14.9 Å². The van der Waals surface area contributed by atoms with E-state index in [0.717, 1.165) is 5.56 Å². The van der Waals surface area contributed by atoms with Crippen molar-refractivity contribution in [1.29, 1.82) is 0 Å². The zero-order chi connectivity index (χ0) is 13.0. The summed E-state index contributed by atoms with van der Waals surface area (Å²) in [6.07, 6.45) is 0.135. The second kappa shape index (κ2) is 5.84. The quantitative estimate of drug-likeness (QED) is 0.828. The molecule has 2 atom stereocenters. The first-order valence-corrected chi connectivity index (χ1v) is 5.97. The monoisotopic (exact) mass is 251 g/mol. The summed E-state index contributed by atoms with van der Waals surface area (Å²) in [4.78, 5) is 13.2. The van der Waals surface area contributed by atoms with Crippen molar-refractivity contribution in [1.82, 2.24) is 4.90 Å². The Morgan fingerprint density at radius 2 is 1.83 bits per heavy atom. The van der Waals surface area contributed by atoms with Gasteiger partial charge in [0.25, 0.3) is 0 Å². The van der Waals surface area contributed by atoms with Crippen LogP contribution in [0.25, 0.3) is 0 Å². The predicted molar refractivity (Wildman–Crippen MR) is 64.8 cm³/mol. The Morgan fingerprint density at radius 3 is 2.39 bits per heavy atom. The molecule has 0 radical (unpaired) electrons. The molecule has 98 valence electrons. The largest absolute Gasteiger partial charge is 0.445 e. The Morgan fingerprint density at radius 1 is 1.22 bits per heavy atom. The maximum Gasteiger partial charge on any atom is 0.410 e. The first-order valence-electron chi connectivity index (χ1n) is 5.97. The number of amides is 1. The van der Waals surface area contributed by atoms with Gasteiger partial charge in [-0.05, 0) is 12.0 Å². The molecule has 0 saturated carbocycles. The van der Waals surface area contributed by atoms with Crippen molar-refractivity contribution in [2.75, 3.05) is 13.2 Å². The highest BCUT2D eigenvalue weighted by Crippen LogP contribution is 2.26. The molecule has 1 saturated heterocycles. The van der Waals surface area contributed by atoms with E-state index in [0.29, 0.717) is 6.42 Å². The molecular weight excluding hydrogens is 234 g/mol. The number of likely N-dealkylation sites (tertiary alicyclic amines) is 1. The maximum absolute atomic E-state index is 11.8. The minimum absolute atomic E-state index is 0.100. The first-order chi connectivity index (χ1) is 8.76. The van der Waals surface area contributed by atoms with E-state index < -0.39 is 6.09 Å². The van der Waals surface area contributed by atoms with E-state index in [4.69, 9.17) is 14.9 Å². The van der Waals surface area contributed by atoms with Crippen LogP contribution >= 0.6 is 0 Å². The molecule has 0 bridgehead atoms. The standard InChI is InChI=1S/C13H17NO4/c15-7-11-6-12(8-16)14(11)13(17)18-9-10-4-2-1-3-5-10/h1-5,11-12,15-16H,6-9H2/t11-,12+. The van der Waals surface area contributed by atoms with Gasteiger partial charge in [-0.25, -0.2) is 4.79 Å². The second-order valence-corrected chi connectivity index (χ2v) is 4.36. The summed E-state index contributed by atoms with van der Waals surface area (Å²) in [7, 11) is 0. The van der Waals surface area contributed by atoms with E-state index in [1.54, 1.807) is 0 Å². The number of rotatable bonds is 4. The summed E-state index contributed by atoms with van der Waals surface area (Å²) in [5.74, 6) is 0. The average Bonchev–Trinajstić information content (AvgIpc) is 2.37. The van der Waals surface area contributed by atoms with Gasteiger partial charge in [-0.1, -0.05) is 30.3 Å². The summed E-state index contributed by atoms with van der Waals surface area (Å²) < 4.78 is 5.16. The minimum Gasteiger partial charge on any atom is -0.445 e. The Balaban J connectivity index is 1.87. The van der Waals surface area contributed by atoms with Crippen LogP contribution < -0.4 is 0 Å². The SMILES string of the molecule is O=C(OCc1ccccc1)N1[C@H](CO)C[C@@H]1CO. The molecular formula is C13H17NO4. The molecule has 2 N–H and O–H groups in total. The minimum atomic E-state index is -0.483. The molecule has 0 aliphatic carbocycles. The lowest BCUT2D eigenvalue weighted by Crippen LogP contribution is -2.61. The average molecular weight is 251 g/mol. The van der Waals surface area contributed by atoms with E-state index in [2.05, 4.69) is 0 Å². The van der Waals surface area contributed by atoms with Crippen molar-refractivity contribution < 1.29 is 19.7 Å². The number of hydrogen-bond acceptors (Lipinski definition) is 4. The van der Waals surface area contributed by atoms with Gasteiger partial charge in [0.1, 0.15) is 6.61 Å². The summed E-state index contributed by atoms with van der Waals surface area (Å²) in [6, 6.07) is 8.92. The molecule has 1 heterocycles. The molecule has 18 heavy (non-hydrogen) atoms. The fourth-order valence-electron chi connectivity index (χ4n) is 2.12. The van der Waals surface area contributed by atoms with E-state index >= 15 is 0 Å². The van der Waals surface area contributed by atoms with E-state index in [-0.39, 0.29) is 31.9 Å². The number of carbonyl (C=O) groups excluding carboxylic acids is 1. The number of nitrogens with zero attached hydrogens (tertiary/aromatic N) is 1. The molecule has 1 aromatic carbocycles. The number of benzene rings is 1. The van der Waals surface area contributed by atoms with Crippen LogP contribution in [0.4, 0.5) is 4.79 Å². The van der Waals surface area contributed by atoms with Crippen molar-refractivity contribution in [2.45, 2.75) is 25.1 Å². The van der Waals surface area contributed by atoms with Gasteiger partial charge >= 0.3 is 6.09 Å². The van der Waals surface area contributed by atoms with Crippen LogP contribution in [0.5, 0.6) is 0 Å². The lowest BCUT2D eigenvalue weighted by molar-refractivity contribution is -0.0378. The highest BCUT2D eigenvalue weighted by Gasteiger charge is 2.41. The summed E-state index contributed by atoms with van der Waals surface area (Å²) >= 11 is 0. The normalized spacial score (nSPS) is 22.4. The predicted octanol–water partition coefficient (Wildman–Crippen LogP) is 0.751. The number of carbonyl (C=O) groups is 1. The van der Waals surface area contributed by atoms with Crippen LogP contribution in [0.15, 0.2) is 30.3 Å². The molecule has 5 nitrogen and oxygen atoms in total. The van der Waals surface area contributed by atoms with E-state index in [1.807, 2.05) is 30.3 Å². The molecule has 5 heteroatoms. The lowest BCUT2D eigenvalue weighted by atomic mass is 9.95. The zero-order valence-electron chi connectivity index (χ0n) is 10.0. The van der Waals surface area contributed by atoms with Gasteiger partial charge in [0, 0.05) is 0 Å². The van der Waals surface area contributed by atoms with Crippen LogP contribution in [-0.2, 0) is 11.3 Å². The van der Waals surface area contributed by atoms with Crippen molar-refractivity contribution in [3.05, 3.63) is 35.9 Å². The van der Waals surface area contributed by atoms with Gasteiger partial charge in [-0.15, -0.1) is 0 Å². The topological polar surface area (TPSA) is 70.0 Å². The third-order valence-electron chi connectivity index (χ3n) is 3.17. The van der Waals surface area contributed by atoms with Gasteiger partial charge in [0.15, 0.2) is 0 Å². The highest BCUT2D eigenvalue weighted by atomic mass is 16.6. The number of ether oxygens (including phenoxy) is 1. The summed E-state index contributed by atoms with van der Waals surface area (Å²) in [6.45, 7) is 0.000342. The van der Waals surface area contributed by atoms with Crippen LogP contribution in [0.2, 0.25) is 0 Å².